The molecule has 0 aromatic carbocycles. The molecule has 0 atom stereocenters. The SMILES string of the molecule is C=CC(=O)NCOCC1COC1. The Kier molecular flexibility index (Phi) is 3.76. The molecule has 0 saturated carbocycles. The number of hydrogen-bond acceptors (Lipinski definition) is 3. The van der Waals surface area contributed by atoms with Crippen LogP contribution < -0.4 is 5.32 Å². The van der Waals surface area contributed by atoms with E-state index in [2.05, 4.69) is 11.9 Å². The second-order valence-electron chi connectivity index (χ2n) is 2.66. The van der Waals surface area contributed by atoms with E-state index in [-0.39, 0.29) is 12.6 Å². The maximum atomic E-state index is 10.6. The van der Waals surface area contributed by atoms with Gasteiger partial charge >= 0.3 is 0 Å². The van der Waals surface area contributed by atoms with Crippen molar-refractivity contribution in [2.24, 2.45) is 5.92 Å². The van der Waals surface area contributed by atoms with Crippen molar-refractivity contribution in [3.63, 3.8) is 0 Å². The minimum Gasteiger partial charge on any atom is -0.381 e. The third kappa shape index (κ3) is 3.02. The molecular weight excluding hydrogens is 158 g/mol. The lowest BCUT2D eigenvalue weighted by atomic mass is 10.1. The van der Waals surface area contributed by atoms with E-state index in [9.17, 15) is 4.79 Å². The summed E-state index contributed by atoms with van der Waals surface area (Å²) in [5, 5.41) is 2.52. The monoisotopic (exact) mass is 171 g/mol. The van der Waals surface area contributed by atoms with Crippen molar-refractivity contribution in [3.05, 3.63) is 12.7 Å². The zero-order valence-corrected chi connectivity index (χ0v) is 6.91. The topological polar surface area (TPSA) is 47.6 Å². The van der Waals surface area contributed by atoms with Crippen LogP contribution in [-0.4, -0.2) is 32.5 Å². The standard InChI is InChI=1S/C8H13NO3/c1-2-8(10)9-6-12-5-7-3-11-4-7/h2,7H,1,3-6H2,(H,9,10). The van der Waals surface area contributed by atoms with Gasteiger partial charge in [-0.3, -0.25) is 4.79 Å². The van der Waals surface area contributed by atoms with Crippen molar-refractivity contribution >= 4 is 5.91 Å². The minimum atomic E-state index is -0.208. The van der Waals surface area contributed by atoms with Gasteiger partial charge in [-0.2, -0.15) is 0 Å². The van der Waals surface area contributed by atoms with Gasteiger partial charge < -0.3 is 14.8 Å². The van der Waals surface area contributed by atoms with Crippen molar-refractivity contribution in [2.75, 3.05) is 26.6 Å². The fraction of sp³-hybridized carbons (Fsp3) is 0.625. The summed E-state index contributed by atoms with van der Waals surface area (Å²) in [7, 11) is 0. The second-order valence-corrected chi connectivity index (χ2v) is 2.66. The van der Waals surface area contributed by atoms with Crippen LogP contribution in [0.5, 0.6) is 0 Å². The molecule has 0 bridgehead atoms. The zero-order chi connectivity index (χ0) is 8.81. The lowest BCUT2D eigenvalue weighted by molar-refractivity contribution is -0.119. The van der Waals surface area contributed by atoms with Crippen molar-refractivity contribution in [1.29, 1.82) is 0 Å². The first-order chi connectivity index (χ1) is 5.83. The third-order valence-electron chi connectivity index (χ3n) is 1.59. The predicted octanol–water partition coefficient (Wildman–Crippen LogP) is -0.0909. The maximum Gasteiger partial charge on any atom is 0.245 e. The Morgan fingerprint density at radius 3 is 3.00 bits per heavy atom. The number of amides is 1. The largest absolute Gasteiger partial charge is 0.381 e. The first kappa shape index (κ1) is 9.22. The molecule has 4 heteroatoms. The molecule has 1 aliphatic heterocycles. The molecule has 1 heterocycles. The zero-order valence-electron chi connectivity index (χ0n) is 6.91. The van der Waals surface area contributed by atoms with E-state index in [0.29, 0.717) is 12.5 Å². The molecule has 0 aliphatic carbocycles. The number of hydrogen-bond donors (Lipinski definition) is 1. The van der Waals surface area contributed by atoms with E-state index >= 15 is 0 Å². The van der Waals surface area contributed by atoms with Crippen LogP contribution in [0.2, 0.25) is 0 Å². The summed E-state index contributed by atoms with van der Waals surface area (Å²) in [6.07, 6.45) is 1.22. The number of nitrogens with one attached hydrogen (secondary N) is 1. The smallest absolute Gasteiger partial charge is 0.245 e. The van der Waals surface area contributed by atoms with Crippen molar-refractivity contribution in [2.45, 2.75) is 0 Å². The average molecular weight is 171 g/mol. The second kappa shape index (κ2) is 4.90. The van der Waals surface area contributed by atoms with Gasteiger partial charge in [0.05, 0.1) is 19.8 Å². The van der Waals surface area contributed by atoms with E-state index in [0.717, 1.165) is 13.2 Å². The highest BCUT2D eigenvalue weighted by molar-refractivity contribution is 5.86. The number of carbonyl (C=O) groups excluding carboxylic acids is 1. The van der Waals surface area contributed by atoms with Gasteiger partial charge in [0.1, 0.15) is 6.73 Å². The molecule has 1 fully saturated rings. The van der Waals surface area contributed by atoms with Crippen LogP contribution >= 0.6 is 0 Å². The summed E-state index contributed by atoms with van der Waals surface area (Å²) in [5.41, 5.74) is 0. The molecule has 12 heavy (non-hydrogen) atoms. The lowest BCUT2D eigenvalue weighted by Gasteiger charge is -2.25. The van der Waals surface area contributed by atoms with Crippen LogP contribution in [0.1, 0.15) is 0 Å². The van der Waals surface area contributed by atoms with Gasteiger partial charge in [-0.25, -0.2) is 0 Å². The summed E-state index contributed by atoms with van der Waals surface area (Å²) in [6, 6.07) is 0. The first-order valence-electron chi connectivity index (χ1n) is 3.88. The highest BCUT2D eigenvalue weighted by Gasteiger charge is 2.17. The highest BCUT2D eigenvalue weighted by atomic mass is 16.5. The molecule has 0 aromatic rings. The fourth-order valence-electron chi connectivity index (χ4n) is 0.801. The van der Waals surface area contributed by atoms with E-state index < -0.39 is 0 Å². The summed E-state index contributed by atoms with van der Waals surface area (Å²) in [4.78, 5) is 10.6. The molecule has 0 aromatic heterocycles. The molecule has 68 valence electrons. The van der Waals surface area contributed by atoms with Gasteiger partial charge in [-0.1, -0.05) is 6.58 Å². The summed E-state index contributed by atoms with van der Waals surface area (Å²) < 4.78 is 10.1. The van der Waals surface area contributed by atoms with Gasteiger partial charge in [0.2, 0.25) is 5.91 Å². The summed E-state index contributed by atoms with van der Waals surface area (Å²) in [5.74, 6) is 0.297. The van der Waals surface area contributed by atoms with Gasteiger partial charge in [0.25, 0.3) is 0 Å². The molecule has 1 amide bonds. The maximum absolute atomic E-state index is 10.6. The van der Waals surface area contributed by atoms with E-state index in [1.165, 1.54) is 6.08 Å². The third-order valence-corrected chi connectivity index (χ3v) is 1.59. The normalized spacial score (nSPS) is 16.7. The van der Waals surface area contributed by atoms with Crippen LogP contribution in [-0.2, 0) is 14.3 Å². The average Bonchev–Trinajstić information content (AvgIpc) is 2.00. The molecular formula is C8H13NO3. The Labute approximate surface area is 71.5 Å². The fourth-order valence-corrected chi connectivity index (χ4v) is 0.801. The summed E-state index contributed by atoms with van der Waals surface area (Å²) >= 11 is 0. The van der Waals surface area contributed by atoms with Crippen LogP contribution in [0.15, 0.2) is 12.7 Å². The number of carbonyl (C=O) groups is 1. The minimum absolute atomic E-state index is 0.208. The van der Waals surface area contributed by atoms with Crippen molar-refractivity contribution in [1.82, 2.24) is 5.32 Å². The molecule has 1 rings (SSSR count). The molecule has 0 unspecified atom stereocenters. The van der Waals surface area contributed by atoms with Crippen LogP contribution in [0.25, 0.3) is 0 Å². The molecule has 4 nitrogen and oxygen atoms in total. The van der Waals surface area contributed by atoms with Gasteiger partial charge in [0, 0.05) is 5.92 Å². The van der Waals surface area contributed by atoms with Crippen molar-refractivity contribution in [3.8, 4) is 0 Å². The first-order valence-corrected chi connectivity index (χ1v) is 3.88. The quantitative estimate of drug-likeness (QED) is 0.357. The Hall–Kier alpha value is -0.870. The Morgan fingerprint density at radius 1 is 1.75 bits per heavy atom. The molecule has 0 spiro atoms. The van der Waals surface area contributed by atoms with Gasteiger partial charge in [-0.05, 0) is 6.08 Å². The Morgan fingerprint density at radius 2 is 2.50 bits per heavy atom. The molecule has 1 aliphatic rings. The van der Waals surface area contributed by atoms with Crippen LogP contribution in [0.4, 0.5) is 0 Å². The van der Waals surface area contributed by atoms with Crippen LogP contribution in [0.3, 0.4) is 0 Å². The number of ether oxygens (including phenoxy) is 2. The highest BCUT2D eigenvalue weighted by Crippen LogP contribution is 2.08. The van der Waals surface area contributed by atoms with Crippen LogP contribution in [0, 0.1) is 5.92 Å². The predicted molar refractivity (Wildman–Crippen MR) is 43.5 cm³/mol. The molecule has 0 radical (unpaired) electrons. The molecule has 1 saturated heterocycles. The van der Waals surface area contributed by atoms with Gasteiger partial charge in [-0.15, -0.1) is 0 Å². The van der Waals surface area contributed by atoms with E-state index in [1.54, 1.807) is 0 Å². The van der Waals surface area contributed by atoms with Gasteiger partial charge in [0.15, 0.2) is 0 Å². The Balaban J connectivity index is 1.88. The lowest BCUT2D eigenvalue weighted by Crippen LogP contribution is -2.33. The molecule has 1 N–H and O–H groups in total. The van der Waals surface area contributed by atoms with E-state index in [4.69, 9.17) is 9.47 Å². The number of rotatable bonds is 5. The Bertz CT molecular complexity index is 166. The van der Waals surface area contributed by atoms with E-state index in [1.807, 2.05) is 0 Å². The summed E-state index contributed by atoms with van der Waals surface area (Å²) in [6.45, 7) is 5.76. The van der Waals surface area contributed by atoms with Crippen molar-refractivity contribution < 1.29 is 14.3 Å².